The van der Waals surface area contributed by atoms with Crippen molar-refractivity contribution in [3.8, 4) is 0 Å². The number of nitro benzene ring substituents is 1. The lowest BCUT2D eigenvalue weighted by Gasteiger charge is -2.13. The quantitative estimate of drug-likeness (QED) is 0.579. The van der Waals surface area contributed by atoms with Crippen molar-refractivity contribution in [2.45, 2.75) is 4.90 Å². The molecular formula is C17H16ClN3O6S. The minimum atomic E-state index is -3.78. The number of nitro groups is 1. The van der Waals surface area contributed by atoms with Gasteiger partial charge in [-0.1, -0.05) is 11.6 Å². The number of benzene rings is 2. The second-order valence-electron chi connectivity index (χ2n) is 6.09. The van der Waals surface area contributed by atoms with Crippen LogP contribution in [0.25, 0.3) is 0 Å². The highest BCUT2D eigenvalue weighted by atomic mass is 35.5. The molecular weight excluding hydrogens is 410 g/mol. The van der Waals surface area contributed by atoms with Crippen molar-refractivity contribution < 1.29 is 22.9 Å². The summed E-state index contributed by atoms with van der Waals surface area (Å²) in [4.78, 5) is 35.9. The zero-order chi connectivity index (χ0) is 21.2. The SMILES string of the molecule is CN(C)C(=O)c1ccc(Cl)c(NC(=O)c2cc([N+](=O)[O-])cc(S(C)(=O)=O)c2)c1. The molecule has 0 spiro atoms. The van der Waals surface area contributed by atoms with Crippen molar-refractivity contribution in [2.24, 2.45) is 0 Å². The molecule has 0 bridgehead atoms. The van der Waals surface area contributed by atoms with Gasteiger partial charge in [-0.3, -0.25) is 19.7 Å². The maximum Gasteiger partial charge on any atom is 0.271 e. The summed E-state index contributed by atoms with van der Waals surface area (Å²) in [6.45, 7) is 0. The van der Waals surface area contributed by atoms with Gasteiger partial charge in [0.1, 0.15) is 0 Å². The minimum absolute atomic E-state index is 0.103. The van der Waals surface area contributed by atoms with Crippen LogP contribution in [0.15, 0.2) is 41.3 Å². The molecule has 0 aliphatic carbocycles. The van der Waals surface area contributed by atoms with E-state index in [-0.39, 0.29) is 32.6 Å². The van der Waals surface area contributed by atoms with E-state index < -0.39 is 26.4 Å². The Morgan fingerprint density at radius 3 is 2.29 bits per heavy atom. The third kappa shape index (κ3) is 4.84. The average Bonchev–Trinajstić information content (AvgIpc) is 2.61. The van der Waals surface area contributed by atoms with E-state index in [1.54, 1.807) is 14.1 Å². The van der Waals surface area contributed by atoms with Gasteiger partial charge in [-0.2, -0.15) is 0 Å². The van der Waals surface area contributed by atoms with Crippen molar-refractivity contribution in [1.82, 2.24) is 4.90 Å². The van der Waals surface area contributed by atoms with Crippen molar-refractivity contribution in [1.29, 1.82) is 0 Å². The van der Waals surface area contributed by atoms with Crippen LogP contribution in [0.3, 0.4) is 0 Å². The van der Waals surface area contributed by atoms with Gasteiger partial charge in [0.05, 0.1) is 20.5 Å². The number of hydrogen-bond acceptors (Lipinski definition) is 6. The summed E-state index contributed by atoms with van der Waals surface area (Å²) in [7, 11) is -0.663. The zero-order valence-electron chi connectivity index (χ0n) is 15.1. The number of hydrogen-bond donors (Lipinski definition) is 1. The van der Waals surface area contributed by atoms with Gasteiger partial charge in [-0.15, -0.1) is 0 Å². The smallest absolute Gasteiger partial charge is 0.271 e. The van der Waals surface area contributed by atoms with Crippen LogP contribution in [0, 0.1) is 10.1 Å². The fraction of sp³-hybridized carbons (Fsp3) is 0.176. The summed E-state index contributed by atoms with van der Waals surface area (Å²) in [5.41, 5.74) is -0.418. The molecule has 28 heavy (non-hydrogen) atoms. The van der Waals surface area contributed by atoms with E-state index in [0.29, 0.717) is 0 Å². The Labute approximate surface area is 166 Å². The highest BCUT2D eigenvalue weighted by Crippen LogP contribution is 2.26. The van der Waals surface area contributed by atoms with Gasteiger partial charge in [0.2, 0.25) is 0 Å². The molecule has 148 valence electrons. The van der Waals surface area contributed by atoms with Gasteiger partial charge in [0.15, 0.2) is 9.84 Å². The monoisotopic (exact) mass is 425 g/mol. The summed E-state index contributed by atoms with van der Waals surface area (Å²) < 4.78 is 23.5. The lowest BCUT2D eigenvalue weighted by Crippen LogP contribution is -2.22. The summed E-state index contributed by atoms with van der Waals surface area (Å²) in [6, 6.07) is 7.11. The van der Waals surface area contributed by atoms with Crippen LogP contribution in [0.1, 0.15) is 20.7 Å². The summed E-state index contributed by atoms with van der Waals surface area (Å²) >= 11 is 6.05. The van der Waals surface area contributed by atoms with Crippen molar-refractivity contribution in [3.05, 3.63) is 62.7 Å². The van der Waals surface area contributed by atoms with E-state index in [4.69, 9.17) is 11.6 Å². The third-order valence-corrected chi connectivity index (χ3v) is 5.08. The molecule has 0 aromatic heterocycles. The molecule has 2 amide bonds. The number of sulfone groups is 1. The van der Waals surface area contributed by atoms with Crippen LogP contribution in [0.5, 0.6) is 0 Å². The predicted molar refractivity (Wildman–Crippen MR) is 104 cm³/mol. The van der Waals surface area contributed by atoms with Gasteiger partial charge in [-0.05, 0) is 24.3 Å². The number of rotatable bonds is 5. The second-order valence-corrected chi connectivity index (χ2v) is 8.52. The van der Waals surface area contributed by atoms with Gasteiger partial charge >= 0.3 is 0 Å². The largest absolute Gasteiger partial charge is 0.345 e. The van der Waals surface area contributed by atoms with E-state index in [2.05, 4.69) is 5.32 Å². The van der Waals surface area contributed by atoms with E-state index in [0.717, 1.165) is 24.5 Å². The molecule has 9 nitrogen and oxygen atoms in total. The predicted octanol–water partition coefficient (Wildman–Crippen LogP) is 2.61. The Balaban J connectivity index is 2.45. The standard InChI is InChI=1S/C17H16ClN3O6S/c1-20(2)17(23)10-4-5-14(18)15(8-10)19-16(22)11-6-12(21(24)25)9-13(7-11)28(3,26)27/h4-9H,1-3H3,(H,19,22). The first-order chi connectivity index (χ1) is 12.9. The molecule has 0 heterocycles. The first-order valence-electron chi connectivity index (χ1n) is 7.72. The van der Waals surface area contributed by atoms with E-state index in [1.165, 1.54) is 23.1 Å². The maximum absolute atomic E-state index is 12.6. The van der Waals surface area contributed by atoms with Gasteiger partial charge in [-0.25, -0.2) is 8.42 Å². The number of nitrogens with one attached hydrogen (secondary N) is 1. The molecule has 0 unspecified atom stereocenters. The number of amides is 2. The number of carbonyl (C=O) groups is 2. The number of halogens is 1. The molecule has 0 aliphatic heterocycles. The Morgan fingerprint density at radius 2 is 1.75 bits per heavy atom. The van der Waals surface area contributed by atoms with Crippen LogP contribution < -0.4 is 5.32 Å². The van der Waals surface area contributed by atoms with Crippen LogP contribution >= 0.6 is 11.6 Å². The van der Waals surface area contributed by atoms with Crippen molar-refractivity contribution in [2.75, 3.05) is 25.7 Å². The highest BCUT2D eigenvalue weighted by Gasteiger charge is 2.20. The lowest BCUT2D eigenvalue weighted by atomic mass is 10.1. The highest BCUT2D eigenvalue weighted by molar-refractivity contribution is 7.90. The summed E-state index contributed by atoms with van der Waals surface area (Å²) in [6.07, 6.45) is 0.876. The molecule has 2 aromatic carbocycles. The average molecular weight is 426 g/mol. The number of nitrogens with zero attached hydrogens (tertiary/aromatic N) is 2. The topological polar surface area (TPSA) is 127 Å². The molecule has 1 N–H and O–H groups in total. The maximum atomic E-state index is 12.6. The van der Waals surface area contributed by atoms with Crippen molar-refractivity contribution >= 4 is 44.6 Å². The van der Waals surface area contributed by atoms with Crippen LogP contribution in [0.2, 0.25) is 5.02 Å². The third-order valence-electron chi connectivity index (χ3n) is 3.66. The summed E-state index contributed by atoms with van der Waals surface area (Å²) in [5, 5.41) is 13.6. The summed E-state index contributed by atoms with van der Waals surface area (Å²) in [5.74, 6) is -1.13. The lowest BCUT2D eigenvalue weighted by molar-refractivity contribution is -0.385. The fourth-order valence-electron chi connectivity index (χ4n) is 2.24. The molecule has 0 aliphatic rings. The fourth-order valence-corrected chi connectivity index (χ4v) is 3.08. The molecule has 0 saturated carbocycles. The van der Waals surface area contributed by atoms with Crippen molar-refractivity contribution in [3.63, 3.8) is 0 Å². The van der Waals surface area contributed by atoms with E-state index >= 15 is 0 Å². The number of non-ortho nitro benzene ring substituents is 1. The Kier molecular flexibility index (Phi) is 6.05. The Bertz CT molecular complexity index is 1080. The molecule has 2 aromatic rings. The Hall–Kier alpha value is -2.98. The molecule has 0 saturated heterocycles. The molecule has 0 radical (unpaired) electrons. The molecule has 11 heteroatoms. The van der Waals surface area contributed by atoms with Crippen LogP contribution in [-0.2, 0) is 9.84 Å². The van der Waals surface area contributed by atoms with Crippen LogP contribution in [-0.4, -0.2) is 50.4 Å². The normalized spacial score (nSPS) is 11.0. The second kappa shape index (κ2) is 7.95. The molecule has 0 atom stereocenters. The zero-order valence-corrected chi connectivity index (χ0v) is 16.7. The number of carbonyl (C=O) groups excluding carboxylic acids is 2. The first kappa shape index (κ1) is 21.3. The number of anilines is 1. The first-order valence-corrected chi connectivity index (χ1v) is 9.99. The molecule has 0 fully saturated rings. The van der Waals surface area contributed by atoms with Gasteiger partial charge < -0.3 is 10.2 Å². The Morgan fingerprint density at radius 1 is 1.11 bits per heavy atom. The van der Waals surface area contributed by atoms with Crippen LogP contribution in [0.4, 0.5) is 11.4 Å². The van der Waals surface area contributed by atoms with Gasteiger partial charge in [0.25, 0.3) is 17.5 Å². The minimum Gasteiger partial charge on any atom is -0.345 e. The van der Waals surface area contributed by atoms with E-state index in [1.807, 2.05) is 0 Å². The van der Waals surface area contributed by atoms with E-state index in [9.17, 15) is 28.1 Å². The van der Waals surface area contributed by atoms with Gasteiger partial charge in [0, 0.05) is 43.6 Å². The molecule has 2 rings (SSSR count).